The lowest BCUT2D eigenvalue weighted by Gasteiger charge is -2.28. The maximum Gasteiger partial charge on any atom is 0.203 e. The minimum atomic E-state index is 0.541. The molecular weight excluding hydrogens is 460 g/mol. The second-order valence-corrected chi connectivity index (χ2v) is 8.96. The Morgan fingerprint density at radius 3 is 2.37 bits per heavy atom. The van der Waals surface area contributed by atoms with Crippen molar-refractivity contribution >= 4 is 39.4 Å². The number of methoxy groups -OCH3 is 3. The van der Waals surface area contributed by atoms with Gasteiger partial charge < -0.3 is 29.3 Å². The van der Waals surface area contributed by atoms with Crippen LogP contribution in [0.25, 0.3) is 21.4 Å². The number of nitrogens with two attached hydrogens (primary N) is 1. The Bertz CT molecular complexity index is 1430. The van der Waals surface area contributed by atoms with Crippen LogP contribution in [0.2, 0.25) is 0 Å². The highest BCUT2D eigenvalue weighted by Gasteiger charge is 2.20. The highest BCUT2D eigenvalue weighted by Crippen LogP contribution is 2.44. The molecule has 0 saturated carbocycles. The molecule has 35 heavy (non-hydrogen) atoms. The fraction of sp³-hybridized carbons (Fsp3) is 0.143. The predicted octanol–water partition coefficient (Wildman–Crippen LogP) is 7.11. The Kier molecular flexibility index (Phi) is 6.25. The van der Waals surface area contributed by atoms with Gasteiger partial charge in [-0.3, -0.25) is 0 Å². The van der Waals surface area contributed by atoms with Gasteiger partial charge in [-0.1, -0.05) is 18.2 Å². The van der Waals surface area contributed by atoms with Crippen molar-refractivity contribution in [3.05, 3.63) is 83.9 Å². The van der Waals surface area contributed by atoms with Crippen LogP contribution in [0.1, 0.15) is 5.56 Å². The molecule has 5 aromatic rings. The Balaban J connectivity index is 1.67. The fourth-order valence-electron chi connectivity index (χ4n) is 4.21. The third-order valence-electron chi connectivity index (χ3n) is 5.95. The summed E-state index contributed by atoms with van der Waals surface area (Å²) in [6.07, 6.45) is 1.70. The zero-order chi connectivity index (χ0) is 24.4. The fourth-order valence-corrected chi connectivity index (χ4v) is 4.93. The van der Waals surface area contributed by atoms with Crippen molar-refractivity contribution in [2.24, 2.45) is 0 Å². The summed E-state index contributed by atoms with van der Waals surface area (Å²) in [6, 6.07) is 22.3. The molecule has 0 bridgehead atoms. The molecule has 0 aliphatic carbocycles. The number of hydrogen-bond donors (Lipinski definition) is 1. The van der Waals surface area contributed by atoms with Gasteiger partial charge in [0.25, 0.3) is 0 Å². The molecule has 2 N–H and O–H groups in total. The largest absolute Gasteiger partial charge is 0.493 e. The molecule has 0 fully saturated rings. The zero-order valence-electron chi connectivity index (χ0n) is 19.8. The normalized spacial score (nSPS) is 10.9. The number of benzene rings is 3. The van der Waals surface area contributed by atoms with Crippen molar-refractivity contribution in [3.8, 4) is 27.7 Å². The lowest BCUT2D eigenvalue weighted by molar-refractivity contribution is 0.324. The summed E-state index contributed by atoms with van der Waals surface area (Å²) in [5.74, 6) is 1.69. The van der Waals surface area contributed by atoms with E-state index in [1.807, 2.05) is 36.4 Å². The number of nitrogens with zero attached hydrogens (tertiary/aromatic N) is 1. The molecule has 0 spiro atoms. The maximum atomic E-state index is 6.57. The summed E-state index contributed by atoms with van der Waals surface area (Å²) in [6.45, 7) is 0.567. The van der Waals surface area contributed by atoms with Crippen molar-refractivity contribution < 1.29 is 18.6 Å². The van der Waals surface area contributed by atoms with Crippen LogP contribution in [0.15, 0.2) is 82.8 Å². The van der Waals surface area contributed by atoms with Crippen LogP contribution in [-0.2, 0) is 6.54 Å². The quantitative estimate of drug-likeness (QED) is 0.236. The van der Waals surface area contributed by atoms with Gasteiger partial charge >= 0.3 is 0 Å². The number of hydrogen-bond acceptors (Lipinski definition) is 7. The van der Waals surface area contributed by atoms with Crippen LogP contribution in [-0.4, -0.2) is 21.3 Å². The highest BCUT2D eigenvalue weighted by molar-refractivity contribution is 7.13. The van der Waals surface area contributed by atoms with E-state index in [-0.39, 0.29) is 0 Å². The average molecular weight is 487 g/mol. The number of anilines is 3. The molecule has 0 aliphatic heterocycles. The molecule has 6 nitrogen and oxygen atoms in total. The Labute approximate surface area is 208 Å². The van der Waals surface area contributed by atoms with Gasteiger partial charge in [0.1, 0.15) is 5.58 Å². The van der Waals surface area contributed by atoms with Gasteiger partial charge in [-0.2, -0.15) is 0 Å². The van der Waals surface area contributed by atoms with E-state index in [1.54, 1.807) is 38.9 Å². The Morgan fingerprint density at radius 1 is 0.886 bits per heavy atom. The number of fused-ring (bicyclic) bond motifs is 1. The molecule has 0 radical (unpaired) electrons. The van der Waals surface area contributed by atoms with Crippen molar-refractivity contribution in [2.45, 2.75) is 6.54 Å². The van der Waals surface area contributed by atoms with Gasteiger partial charge in [0, 0.05) is 34.6 Å². The van der Waals surface area contributed by atoms with Crippen molar-refractivity contribution in [1.82, 2.24) is 0 Å². The van der Waals surface area contributed by atoms with Crippen molar-refractivity contribution in [1.29, 1.82) is 0 Å². The van der Waals surface area contributed by atoms with Crippen LogP contribution in [0.4, 0.5) is 17.1 Å². The molecular formula is C28H26N2O4S. The number of thiophene rings is 1. The number of ether oxygens (including phenoxy) is 3. The monoisotopic (exact) mass is 486 g/mol. The minimum absolute atomic E-state index is 0.541. The van der Waals surface area contributed by atoms with Gasteiger partial charge in [-0.25, -0.2) is 0 Å². The molecule has 0 saturated heterocycles. The van der Waals surface area contributed by atoms with Crippen LogP contribution < -0.4 is 24.8 Å². The molecule has 3 aromatic carbocycles. The SMILES string of the molecule is COc1cc(N(Cc2ccc3occc3c2)c2cc(-c3cccs3)ccc2N)cc(OC)c1OC. The minimum Gasteiger partial charge on any atom is -0.493 e. The first kappa shape index (κ1) is 22.7. The van der Waals surface area contributed by atoms with Crippen molar-refractivity contribution in [2.75, 3.05) is 32.0 Å². The molecule has 178 valence electrons. The third-order valence-corrected chi connectivity index (χ3v) is 6.86. The van der Waals surface area contributed by atoms with Gasteiger partial charge in [-0.15, -0.1) is 11.3 Å². The standard InChI is InChI=1S/C28H26N2O4S/c1-31-25-15-21(16-26(32-2)28(25)33-3)30(17-18-6-9-24-19(13-18)10-11-34-24)23-14-20(7-8-22(23)29)27-5-4-12-35-27/h4-16H,17,29H2,1-3H3. The third kappa shape index (κ3) is 4.38. The van der Waals surface area contributed by atoms with E-state index in [0.29, 0.717) is 29.5 Å². The molecule has 0 aliphatic rings. The van der Waals surface area contributed by atoms with Gasteiger partial charge in [0.05, 0.1) is 39.0 Å². The van der Waals surface area contributed by atoms with Crippen LogP contribution in [0.5, 0.6) is 17.2 Å². The zero-order valence-corrected chi connectivity index (χ0v) is 20.6. The average Bonchev–Trinajstić information content (AvgIpc) is 3.59. The topological polar surface area (TPSA) is 70.1 Å². The first-order chi connectivity index (χ1) is 17.1. The highest BCUT2D eigenvalue weighted by atomic mass is 32.1. The molecule has 2 heterocycles. The van der Waals surface area contributed by atoms with Gasteiger partial charge in [0.2, 0.25) is 5.75 Å². The summed E-state index contributed by atoms with van der Waals surface area (Å²) < 4.78 is 22.4. The first-order valence-electron chi connectivity index (χ1n) is 11.1. The lowest BCUT2D eigenvalue weighted by Crippen LogP contribution is -2.18. The summed E-state index contributed by atoms with van der Waals surface area (Å²) in [7, 11) is 4.83. The van der Waals surface area contributed by atoms with Crippen LogP contribution >= 0.6 is 11.3 Å². The second kappa shape index (κ2) is 9.64. The number of rotatable bonds is 8. The first-order valence-corrected chi connectivity index (χ1v) is 12.0. The van der Waals surface area contributed by atoms with E-state index in [2.05, 4.69) is 40.6 Å². The maximum absolute atomic E-state index is 6.57. The Morgan fingerprint density at radius 2 is 1.69 bits per heavy atom. The lowest BCUT2D eigenvalue weighted by atomic mass is 10.1. The second-order valence-electron chi connectivity index (χ2n) is 8.01. The number of nitrogen functional groups attached to an aromatic ring is 1. The molecule has 2 aromatic heterocycles. The van der Waals surface area contributed by atoms with Crippen molar-refractivity contribution in [3.63, 3.8) is 0 Å². The molecule has 0 amide bonds. The van der Waals surface area contributed by atoms with Crippen LogP contribution in [0, 0.1) is 0 Å². The van der Waals surface area contributed by atoms with Gasteiger partial charge in [-0.05, 0) is 52.9 Å². The summed E-state index contributed by atoms with van der Waals surface area (Å²) in [4.78, 5) is 3.34. The molecule has 0 unspecified atom stereocenters. The summed E-state index contributed by atoms with van der Waals surface area (Å²) >= 11 is 1.70. The van der Waals surface area contributed by atoms with E-state index in [1.165, 1.54) is 4.88 Å². The van der Waals surface area contributed by atoms with E-state index < -0.39 is 0 Å². The number of furan rings is 1. The Hall–Kier alpha value is -4.10. The van der Waals surface area contributed by atoms with E-state index in [0.717, 1.165) is 33.5 Å². The van der Waals surface area contributed by atoms with Gasteiger partial charge in [0.15, 0.2) is 11.5 Å². The van der Waals surface area contributed by atoms with E-state index >= 15 is 0 Å². The molecule has 5 rings (SSSR count). The van der Waals surface area contributed by atoms with E-state index in [9.17, 15) is 0 Å². The van der Waals surface area contributed by atoms with Crippen LogP contribution in [0.3, 0.4) is 0 Å². The molecule has 0 atom stereocenters. The van der Waals surface area contributed by atoms with E-state index in [4.69, 9.17) is 24.4 Å². The predicted molar refractivity (Wildman–Crippen MR) is 142 cm³/mol. The smallest absolute Gasteiger partial charge is 0.203 e. The summed E-state index contributed by atoms with van der Waals surface area (Å²) in [5, 5.41) is 3.12. The molecule has 7 heteroatoms. The summed E-state index contributed by atoms with van der Waals surface area (Å²) in [5.41, 5.74) is 12.0.